The van der Waals surface area contributed by atoms with Crippen molar-refractivity contribution in [3.8, 4) is 0 Å². The third-order valence-corrected chi connectivity index (χ3v) is 6.05. The van der Waals surface area contributed by atoms with Gasteiger partial charge in [-0.25, -0.2) is 0 Å². The fourth-order valence-electron chi connectivity index (χ4n) is 4.25. The number of nitrogens with zero attached hydrogens (tertiary/aromatic N) is 1. The summed E-state index contributed by atoms with van der Waals surface area (Å²) in [7, 11) is 0. The zero-order chi connectivity index (χ0) is 23.3. The standard InChI is InChI=1S/C29H25N3O2/c33-28(22-9-2-1-3-10-22)30-25-16-14-23(15-17-25)29(34)31-26-12-6-4-11-24(26)20-32-19-18-21-8-5-7-13-27(21)32/h1-17H,18-20H2,(H,30,33)(H,31,34). The van der Waals surface area contributed by atoms with Crippen LogP contribution in [0.4, 0.5) is 17.1 Å². The molecule has 0 radical (unpaired) electrons. The van der Waals surface area contributed by atoms with Crippen LogP contribution in [0.15, 0.2) is 103 Å². The van der Waals surface area contributed by atoms with E-state index in [0.717, 1.165) is 30.8 Å². The Kier molecular flexibility index (Phi) is 6.08. The lowest BCUT2D eigenvalue weighted by molar-refractivity contribution is 0.102. The molecule has 2 amide bonds. The summed E-state index contributed by atoms with van der Waals surface area (Å²) in [6, 6.07) is 32.3. The maximum absolute atomic E-state index is 12.9. The van der Waals surface area contributed by atoms with Gasteiger partial charge in [0.1, 0.15) is 0 Å². The molecule has 0 saturated carbocycles. The largest absolute Gasteiger partial charge is 0.367 e. The van der Waals surface area contributed by atoms with Crippen molar-refractivity contribution in [2.24, 2.45) is 0 Å². The number of para-hydroxylation sites is 2. The quantitative estimate of drug-likeness (QED) is 0.395. The van der Waals surface area contributed by atoms with Crippen LogP contribution < -0.4 is 15.5 Å². The normalized spacial score (nSPS) is 12.2. The Morgan fingerprint density at radius 1 is 0.676 bits per heavy atom. The van der Waals surface area contributed by atoms with E-state index in [4.69, 9.17) is 0 Å². The molecule has 4 aromatic carbocycles. The van der Waals surface area contributed by atoms with Crippen LogP contribution in [-0.2, 0) is 13.0 Å². The number of fused-ring (bicyclic) bond motifs is 1. The van der Waals surface area contributed by atoms with Crippen molar-refractivity contribution in [3.63, 3.8) is 0 Å². The smallest absolute Gasteiger partial charge is 0.255 e. The van der Waals surface area contributed by atoms with E-state index in [-0.39, 0.29) is 11.8 Å². The second-order valence-electron chi connectivity index (χ2n) is 8.31. The first kappa shape index (κ1) is 21.5. The Bertz CT molecular complexity index is 1320. The third kappa shape index (κ3) is 4.69. The lowest BCUT2D eigenvalue weighted by Crippen LogP contribution is -2.21. The van der Waals surface area contributed by atoms with Crippen LogP contribution in [0.25, 0.3) is 0 Å². The fourth-order valence-corrected chi connectivity index (χ4v) is 4.25. The lowest BCUT2D eigenvalue weighted by Gasteiger charge is -2.21. The Morgan fingerprint density at radius 3 is 2.15 bits per heavy atom. The molecule has 168 valence electrons. The highest BCUT2D eigenvalue weighted by atomic mass is 16.2. The van der Waals surface area contributed by atoms with Crippen LogP contribution in [0.5, 0.6) is 0 Å². The number of nitrogens with one attached hydrogen (secondary N) is 2. The molecule has 1 aliphatic heterocycles. The Balaban J connectivity index is 1.26. The molecule has 0 spiro atoms. The zero-order valence-electron chi connectivity index (χ0n) is 18.7. The van der Waals surface area contributed by atoms with Gasteiger partial charge in [0.05, 0.1) is 0 Å². The van der Waals surface area contributed by atoms with Crippen LogP contribution in [-0.4, -0.2) is 18.4 Å². The molecule has 1 aliphatic rings. The van der Waals surface area contributed by atoms with E-state index in [0.29, 0.717) is 16.8 Å². The van der Waals surface area contributed by atoms with E-state index in [1.165, 1.54) is 11.3 Å². The lowest BCUT2D eigenvalue weighted by atomic mass is 10.1. The van der Waals surface area contributed by atoms with E-state index in [9.17, 15) is 9.59 Å². The number of amides is 2. The average molecular weight is 448 g/mol. The number of anilines is 3. The number of rotatable bonds is 6. The molecule has 0 unspecified atom stereocenters. The number of hydrogen-bond donors (Lipinski definition) is 2. The van der Waals surface area contributed by atoms with Crippen molar-refractivity contribution < 1.29 is 9.59 Å². The zero-order valence-corrected chi connectivity index (χ0v) is 18.7. The molecule has 2 N–H and O–H groups in total. The molecule has 0 fully saturated rings. The van der Waals surface area contributed by atoms with E-state index >= 15 is 0 Å². The number of hydrogen-bond acceptors (Lipinski definition) is 3. The van der Waals surface area contributed by atoms with Crippen molar-refractivity contribution in [3.05, 3.63) is 125 Å². The monoisotopic (exact) mass is 447 g/mol. The van der Waals surface area contributed by atoms with Gasteiger partial charge < -0.3 is 15.5 Å². The van der Waals surface area contributed by atoms with E-state index in [2.05, 4.69) is 45.9 Å². The molecule has 0 bridgehead atoms. The van der Waals surface area contributed by atoms with Crippen LogP contribution in [0.1, 0.15) is 31.8 Å². The molecule has 0 atom stereocenters. The Hall–Kier alpha value is -4.38. The minimum Gasteiger partial charge on any atom is -0.367 e. The summed E-state index contributed by atoms with van der Waals surface area (Å²) < 4.78 is 0. The van der Waals surface area contributed by atoms with E-state index in [1.807, 2.05) is 36.4 Å². The molecular formula is C29H25N3O2. The summed E-state index contributed by atoms with van der Waals surface area (Å²) in [5.41, 5.74) is 6.25. The molecule has 1 heterocycles. The van der Waals surface area contributed by atoms with Crippen LogP contribution in [0.2, 0.25) is 0 Å². The third-order valence-electron chi connectivity index (χ3n) is 6.05. The van der Waals surface area contributed by atoms with Gasteiger partial charge >= 0.3 is 0 Å². The summed E-state index contributed by atoms with van der Waals surface area (Å²) in [6.07, 6.45) is 1.04. The SMILES string of the molecule is O=C(Nc1ccc(C(=O)Nc2ccccc2CN2CCc3ccccc32)cc1)c1ccccc1. The number of carbonyl (C=O) groups is 2. The van der Waals surface area contributed by atoms with Gasteiger partial charge in [-0.15, -0.1) is 0 Å². The molecule has 5 heteroatoms. The molecule has 5 rings (SSSR count). The molecule has 0 aliphatic carbocycles. The molecule has 4 aromatic rings. The van der Waals surface area contributed by atoms with Gasteiger partial charge in [-0.1, -0.05) is 54.6 Å². The highest BCUT2D eigenvalue weighted by Gasteiger charge is 2.19. The van der Waals surface area contributed by atoms with Crippen molar-refractivity contribution in [2.45, 2.75) is 13.0 Å². The van der Waals surface area contributed by atoms with Gasteiger partial charge in [-0.2, -0.15) is 0 Å². The van der Waals surface area contributed by atoms with E-state index < -0.39 is 0 Å². The molecule has 0 saturated heterocycles. The van der Waals surface area contributed by atoms with Crippen molar-refractivity contribution in [1.82, 2.24) is 0 Å². The Morgan fingerprint density at radius 2 is 1.32 bits per heavy atom. The van der Waals surface area contributed by atoms with Crippen LogP contribution in [0, 0.1) is 0 Å². The minimum absolute atomic E-state index is 0.185. The van der Waals surface area contributed by atoms with Gasteiger partial charge in [0.2, 0.25) is 0 Å². The molecule has 5 nitrogen and oxygen atoms in total. The Labute approximate surface area is 199 Å². The highest BCUT2D eigenvalue weighted by molar-refractivity contribution is 6.06. The average Bonchev–Trinajstić information content (AvgIpc) is 3.29. The highest BCUT2D eigenvalue weighted by Crippen LogP contribution is 2.30. The molecule has 0 aromatic heterocycles. The van der Waals surface area contributed by atoms with Gasteiger partial charge in [-0.05, 0) is 66.1 Å². The van der Waals surface area contributed by atoms with E-state index in [1.54, 1.807) is 36.4 Å². The second-order valence-corrected chi connectivity index (χ2v) is 8.31. The second kappa shape index (κ2) is 9.63. The molecule has 34 heavy (non-hydrogen) atoms. The minimum atomic E-state index is -0.185. The van der Waals surface area contributed by atoms with Gasteiger partial charge in [-0.3, -0.25) is 9.59 Å². The summed E-state index contributed by atoms with van der Waals surface area (Å²) >= 11 is 0. The fraction of sp³-hybridized carbons (Fsp3) is 0.103. The van der Waals surface area contributed by atoms with Gasteiger partial charge in [0, 0.05) is 41.3 Å². The van der Waals surface area contributed by atoms with Gasteiger partial charge in [0.25, 0.3) is 11.8 Å². The first-order valence-corrected chi connectivity index (χ1v) is 11.4. The number of carbonyl (C=O) groups excluding carboxylic acids is 2. The summed E-state index contributed by atoms with van der Waals surface area (Å²) in [4.78, 5) is 27.6. The van der Waals surface area contributed by atoms with Crippen molar-refractivity contribution in [1.29, 1.82) is 0 Å². The maximum Gasteiger partial charge on any atom is 0.255 e. The van der Waals surface area contributed by atoms with Crippen LogP contribution in [0.3, 0.4) is 0 Å². The van der Waals surface area contributed by atoms with Crippen molar-refractivity contribution in [2.75, 3.05) is 22.1 Å². The predicted molar refractivity (Wildman–Crippen MR) is 136 cm³/mol. The topological polar surface area (TPSA) is 61.4 Å². The van der Waals surface area contributed by atoms with Crippen molar-refractivity contribution >= 4 is 28.9 Å². The van der Waals surface area contributed by atoms with Crippen LogP contribution >= 0.6 is 0 Å². The maximum atomic E-state index is 12.9. The van der Waals surface area contributed by atoms with Gasteiger partial charge in [0.15, 0.2) is 0 Å². The predicted octanol–water partition coefficient (Wildman–Crippen LogP) is 5.75. The molecular weight excluding hydrogens is 422 g/mol. The summed E-state index contributed by atoms with van der Waals surface area (Å²) in [5.74, 6) is -0.370. The first-order valence-electron chi connectivity index (χ1n) is 11.4. The summed E-state index contributed by atoms with van der Waals surface area (Å²) in [6.45, 7) is 1.70. The summed E-state index contributed by atoms with van der Waals surface area (Å²) in [5, 5.41) is 5.91. The first-order chi connectivity index (χ1) is 16.7. The number of benzene rings is 4.